The van der Waals surface area contributed by atoms with Gasteiger partial charge in [-0.2, -0.15) is 8.78 Å². The molecule has 0 fully saturated rings. The molecule has 1 N–H and O–H groups in total. The molecule has 0 radical (unpaired) electrons. The Labute approximate surface area is 98.5 Å². The molecule has 98 valence electrons. The molecule has 1 aromatic carbocycles. The van der Waals surface area contributed by atoms with E-state index in [0.29, 0.717) is 0 Å². The van der Waals surface area contributed by atoms with Crippen molar-refractivity contribution < 1.29 is 31.8 Å². The Balaban J connectivity index is 2.43. The minimum Gasteiger partial charge on any atom is -0.409 e. The fourth-order valence-corrected chi connectivity index (χ4v) is 1.48. The van der Waals surface area contributed by atoms with E-state index in [-0.39, 0.29) is 5.69 Å². The second-order valence-electron chi connectivity index (χ2n) is 3.58. The molecule has 1 heterocycles. The molecule has 1 amide bonds. The van der Waals surface area contributed by atoms with Crippen molar-refractivity contribution in [2.24, 2.45) is 0 Å². The monoisotopic (exact) mass is 265 g/mol. The van der Waals surface area contributed by atoms with E-state index in [4.69, 9.17) is 0 Å². The number of alkyl halides is 4. The van der Waals surface area contributed by atoms with Gasteiger partial charge < -0.3 is 10.1 Å². The van der Waals surface area contributed by atoms with Crippen molar-refractivity contribution in [1.29, 1.82) is 0 Å². The first-order valence-electron chi connectivity index (χ1n) is 4.76. The molecule has 4 nitrogen and oxygen atoms in total. The fourth-order valence-electron chi connectivity index (χ4n) is 1.48. The fraction of sp³-hybridized carbons (Fsp3) is 0.300. The van der Waals surface area contributed by atoms with Gasteiger partial charge in [0.2, 0.25) is 5.91 Å². The number of carbonyl (C=O) groups is 1. The lowest BCUT2D eigenvalue weighted by atomic mass is 10.1. The van der Waals surface area contributed by atoms with Crippen molar-refractivity contribution in [3.05, 3.63) is 23.8 Å². The van der Waals surface area contributed by atoms with E-state index in [1.807, 2.05) is 0 Å². The maximum absolute atomic E-state index is 13.3. The normalized spacial score (nSPS) is 19.6. The maximum Gasteiger partial charge on any atom is 0.540 e. The topological polar surface area (TPSA) is 47.6 Å². The SMILES string of the molecule is CC(=O)Nc1ccc2c(c1)C(F)(F)OC(F)(F)O2. The van der Waals surface area contributed by atoms with Gasteiger partial charge in [-0.25, -0.2) is 4.74 Å². The van der Waals surface area contributed by atoms with Gasteiger partial charge in [-0.1, -0.05) is 0 Å². The van der Waals surface area contributed by atoms with Crippen LogP contribution in [0.5, 0.6) is 5.75 Å². The Morgan fingerprint density at radius 3 is 2.56 bits per heavy atom. The molecule has 18 heavy (non-hydrogen) atoms. The summed E-state index contributed by atoms with van der Waals surface area (Å²) in [6.07, 6.45) is -8.60. The minimum atomic E-state index is -4.40. The Bertz CT molecular complexity index is 504. The summed E-state index contributed by atoms with van der Waals surface area (Å²) in [6, 6.07) is 2.88. The number of carbonyl (C=O) groups excluding carboxylic acids is 1. The third kappa shape index (κ3) is 2.37. The summed E-state index contributed by atoms with van der Waals surface area (Å²) in [4.78, 5) is 10.8. The number of halogens is 4. The summed E-state index contributed by atoms with van der Waals surface area (Å²) in [5, 5.41) is 2.24. The largest absolute Gasteiger partial charge is 0.540 e. The highest BCUT2D eigenvalue weighted by atomic mass is 19.3. The number of ether oxygens (including phenoxy) is 2. The van der Waals surface area contributed by atoms with Crippen LogP contribution in [-0.2, 0) is 15.6 Å². The Morgan fingerprint density at radius 2 is 1.94 bits per heavy atom. The van der Waals surface area contributed by atoms with E-state index >= 15 is 0 Å². The zero-order valence-corrected chi connectivity index (χ0v) is 8.97. The molecule has 0 spiro atoms. The summed E-state index contributed by atoms with van der Waals surface area (Å²) < 4.78 is 59.2. The van der Waals surface area contributed by atoms with E-state index < -0.39 is 29.6 Å². The highest BCUT2D eigenvalue weighted by Gasteiger charge is 2.54. The van der Waals surface area contributed by atoms with Crippen LogP contribution in [0.25, 0.3) is 0 Å². The number of rotatable bonds is 1. The highest BCUT2D eigenvalue weighted by Crippen LogP contribution is 2.46. The van der Waals surface area contributed by atoms with Gasteiger partial charge >= 0.3 is 12.4 Å². The first-order valence-corrected chi connectivity index (χ1v) is 4.76. The van der Waals surface area contributed by atoms with Gasteiger partial charge in [0.1, 0.15) is 5.75 Å². The number of fused-ring (bicyclic) bond motifs is 1. The number of benzene rings is 1. The first kappa shape index (κ1) is 12.6. The third-order valence-corrected chi connectivity index (χ3v) is 2.09. The van der Waals surface area contributed by atoms with Gasteiger partial charge in [0.05, 0.1) is 5.56 Å². The van der Waals surface area contributed by atoms with E-state index in [0.717, 1.165) is 18.2 Å². The van der Waals surface area contributed by atoms with Crippen molar-refractivity contribution in [1.82, 2.24) is 0 Å². The molecular formula is C10H7F4NO3. The second-order valence-corrected chi connectivity index (χ2v) is 3.58. The van der Waals surface area contributed by atoms with Gasteiger partial charge in [-0.05, 0) is 18.2 Å². The standard InChI is InChI=1S/C10H7F4NO3/c1-5(16)15-6-2-3-8-7(4-6)9(11,12)18-10(13,14)17-8/h2-4H,1H3,(H,15,16). The third-order valence-electron chi connectivity index (χ3n) is 2.09. The molecule has 8 heteroatoms. The second kappa shape index (κ2) is 3.84. The quantitative estimate of drug-likeness (QED) is 0.794. The summed E-state index contributed by atoms with van der Waals surface area (Å²) in [5.74, 6) is -1.19. The summed E-state index contributed by atoms with van der Waals surface area (Å²) in [6.45, 7) is 1.18. The first-order chi connectivity index (χ1) is 8.20. The van der Waals surface area contributed by atoms with E-state index in [2.05, 4.69) is 14.8 Å². The minimum absolute atomic E-state index is 0.0262. The van der Waals surface area contributed by atoms with Crippen LogP contribution < -0.4 is 10.1 Å². The van der Waals surface area contributed by atoms with Crippen LogP contribution in [-0.4, -0.2) is 12.2 Å². The number of hydrogen-bond acceptors (Lipinski definition) is 3. The van der Waals surface area contributed by atoms with E-state index in [9.17, 15) is 22.4 Å². The maximum atomic E-state index is 13.3. The van der Waals surface area contributed by atoms with Crippen molar-refractivity contribution in [3.8, 4) is 5.75 Å². The zero-order valence-electron chi connectivity index (χ0n) is 8.97. The molecule has 0 saturated heterocycles. The average Bonchev–Trinajstić information content (AvgIpc) is 2.15. The number of nitrogens with one attached hydrogen (secondary N) is 1. The lowest BCUT2D eigenvalue weighted by Gasteiger charge is -2.30. The van der Waals surface area contributed by atoms with Crippen molar-refractivity contribution in [3.63, 3.8) is 0 Å². The summed E-state index contributed by atoms with van der Waals surface area (Å²) in [7, 11) is 0. The van der Waals surface area contributed by atoms with Crippen LogP contribution in [0.3, 0.4) is 0 Å². The van der Waals surface area contributed by atoms with Crippen molar-refractivity contribution in [2.45, 2.75) is 19.3 Å². The van der Waals surface area contributed by atoms with Gasteiger partial charge in [-0.15, -0.1) is 8.78 Å². The summed E-state index contributed by atoms with van der Waals surface area (Å²) >= 11 is 0. The Morgan fingerprint density at radius 1 is 1.28 bits per heavy atom. The van der Waals surface area contributed by atoms with Gasteiger partial charge in [0.15, 0.2) is 0 Å². The van der Waals surface area contributed by atoms with Crippen molar-refractivity contribution in [2.75, 3.05) is 5.32 Å². The number of anilines is 1. The molecule has 1 aromatic rings. The molecule has 2 rings (SSSR count). The lowest BCUT2D eigenvalue weighted by molar-refractivity contribution is -0.461. The molecule has 1 aliphatic heterocycles. The predicted octanol–water partition coefficient (Wildman–Crippen LogP) is 2.65. The van der Waals surface area contributed by atoms with Gasteiger partial charge in [0, 0.05) is 12.6 Å². The molecule has 0 unspecified atom stereocenters. The Kier molecular flexibility index (Phi) is 2.69. The van der Waals surface area contributed by atoms with Crippen LogP contribution in [0.4, 0.5) is 23.2 Å². The smallest absolute Gasteiger partial charge is 0.409 e. The van der Waals surface area contributed by atoms with Gasteiger partial charge in [0.25, 0.3) is 0 Å². The van der Waals surface area contributed by atoms with Crippen LogP contribution in [0.1, 0.15) is 12.5 Å². The van der Waals surface area contributed by atoms with Crippen LogP contribution >= 0.6 is 0 Å². The molecule has 0 aliphatic carbocycles. The van der Waals surface area contributed by atoms with Crippen molar-refractivity contribution >= 4 is 11.6 Å². The number of amides is 1. The van der Waals surface area contributed by atoms with Crippen LogP contribution in [0, 0.1) is 0 Å². The molecule has 0 atom stereocenters. The molecule has 1 aliphatic rings. The highest BCUT2D eigenvalue weighted by molar-refractivity contribution is 5.88. The van der Waals surface area contributed by atoms with Gasteiger partial charge in [-0.3, -0.25) is 4.79 Å². The predicted molar refractivity (Wildman–Crippen MR) is 51.3 cm³/mol. The number of hydrogen-bond donors (Lipinski definition) is 1. The Hall–Kier alpha value is -1.83. The molecule has 0 aromatic heterocycles. The molecule has 0 bridgehead atoms. The summed E-state index contributed by atoms with van der Waals surface area (Å²) in [5.41, 5.74) is -0.849. The van der Waals surface area contributed by atoms with E-state index in [1.54, 1.807) is 0 Å². The average molecular weight is 265 g/mol. The lowest BCUT2D eigenvalue weighted by Crippen LogP contribution is -2.41. The molecule has 0 saturated carbocycles. The van der Waals surface area contributed by atoms with Crippen LogP contribution in [0.2, 0.25) is 0 Å². The zero-order chi connectivity index (χ0) is 13.6. The van der Waals surface area contributed by atoms with Crippen LogP contribution in [0.15, 0.2) is 18.2 Å². The molecular weight excluding hydrogens is 258 g/mol. The van der Waals surface area contributed by atoms with E-state index in [1.165, 1.54) is 6.92 Å².